The molecule has 0 bridgehead atoms. The molecule has 1 aliphatic heterocycles. The smallest absolute Gasteiger partial charge is 0.123 e. The van der Waals surface area contributed by atoms with E-state index in [2.05, 4.69) is 24.0 Å². The second-order valence-corrected chi connectivity index (χ2v) is 9.36. The Kier molecular flexibility index (Phi) is 5.93. The first-order chi connectivity index (χ1) is 13.1. The fourth-order valence-corrected chi connectivity index (χ4v) is 4.99. The average Bonchev–Trinajstić information content (AvgIpc) is 3.00. The van der Waals surface area contributed by atoms with E-state index in [1.165, 1.54) is 33.4 Å². The molecule has 1 aliphatic rings. The molecule has 1 aromatic heterocycles. The molecule has 142 valence electrons. The van der Waals surface area contributed by atoms with E-state index in [4.69, 9.17) is 27.9 Å². The van der Waals surface area contributed by atoms with Crippen LogP contribution in [0.3, 0.4) is 0 Å². The minimum atomic E-state index is 0.568. The van der Waals surface area contributed by atoms with Crippen molar-refractivity contribution in [1.82, 2.24) is 4.90 Å². The number of likely N-dealkylation sites (tertiary alicyclic amines) is 1. The van der Waals surface area contributed by atoms with E-state index >= 15 is 0 Å². The number of piperidine rings is 1. The maximum Gasteiger partial charge on any atom is 0.123 e. The van der Waals surface area contributed by atoms with E-state index in [9.17, 15) is 0 Å². The summed E-state index contributed by atoms with van der Waals surface area (Å²) >= 11 is 14.1. The van der Waals surface area contributed by atoms with Gasteiger partial charge in [-0.15, -0.1) is 11.3 Å². The molecular weight excluding hydrogens is 397 g/mol. The molecule has 5 heteroatoms. The molecule has 0 aliphatic carbocycles. The number of nitrogens with zero attached hydrogens (tertiary/aromatic N) is 1. The van der Waals surface area contributed by atoms with Crippen molar-refractivity contribution < 1.29 is 4.74 Å². The summed E-state index contributed by atoms with van der Waals surface area (Å²) in [5, 5.41) is 2.78. The maximum absolute atomic E-state index is 6.30. The zero-order chi connectivity index (χ0) is 18.8. The van der Waals surface area contributed by atoms with Crippen LogP contribution in [0.2, 0.25) is 10.0 Å². The lowest BCUT2D eigenvalue weighted by Gasteiger charge is -2.30. The quantitative estimate of drug-likeness (QED) is 0.440. The van der Waals surface area contributed by atoms with Crippen LogP contribution >= 0.6 is 34.5 Å². The number of halogens is 2. The molecule has 0 atom stereocenters. The van der Waals surface area contributed by atoms with Crippen LogP contribution in [0.5, 0.6) is 5.75 Å². The molecule has 1 saturated heterocycles. The molecule has 0 N–H and O–H groups in total. The fraction of sp³-hybridized carbons (Fsp3) is 0.364. The Labute approximate surface area is 174 Å². The largest absolute Gasteiger partial charge is 0.488 e. The first-order valence-electron chi connectivity index (χ1n) is 9.39. The Morgan fingerprint density at radius 2 is 1.74 bits per heavy atom. The molecule has 0 amide bonds. The van der Waals surface area contributed by atoms with E-state index < -0.39 is 0 Å². The zero-order valence-electron chi connectivity index (χ0n) is 15.4. The van der Waals surface area contributed by atoms with Crippen molar-refractivity contribution in [3.05, 3.63) is 63.0 Å². The molecule has 0 unspecified atom stereocenters. The summed E-state index contributed by atoms with van der Waals surface area (Å²) < 4.78 is 7.33. The molecule has 0 radical (unpaired) electrons. The number of hydrogen-bond acceptors (Lipinski definition) is 3. The molecule has 3 aromatic rings. The van der Waals surface area contributed by atoms with Gasteiger partial charge in [-0.3, -0.25) is 4.90 Å². The second kappa shape index (κ2) is 8.40. The lowest BCUT2D eigenvalue weighted by Crippen LogP contribution is -2.32. The monoisotopic (exact) mass is 419 g/mol. The minimum absolute atomic E-state index is 0.568. The highest BCUT2D eigenvalue weighted by Crippen LogP contribution is 2.35. The highest BCUT2D eigenvalue weighted by Gasteiger charge is 2.20. The van der Waals surface area contributed by atoms with Gasteiger partial charge in [0.2, 0.25) is 0 Å². The van der Waals surface area contributed by atoms with Crippen LogP contribution in [0.15, 0.2) is 42.5 Å². The summed E-state index contributed by atoms with van der Waals surface area (Å²) in [4.78, 5) is 3.84. The normalized spacial score (nSPS) is 16.1. The van der Waals surface area contributed by atoms with Gasteiger partial charge in [0, 0.05) is 26.2 Å². The summed E-state index contributed by atoms with van der Waals surface area (Å²) in [6.07, 6.45) is 2.55. The lowest BCUT2D eigenvalue weighted by molar-refractivity contribution is 0.185. The Balaban J connectivity index is 1.59. The third-order valence-corrected chi connectivity index (χ3v) is 6.95. The van der Waals surface area contributed by atoms with E-state index in [1.807, 2.05) is 41.7 Å². The van der Waals surface area contributed by atoms with E-state index in [0.717, 1.165) is 41.3 Å². The summed E-state index contributed by atoms with van der Waals surface area (Å²) in [7, 11) is 0. The van der Waals surface area contributed by atoms with E-state index in [-0.39, 0.29) is 0 Å². The third-order valence-electron chi connectivity index (χ3n) is 5.28. The topological polar surface area (TPSA) is 12.5 Å². The van der Waals surface area contributed by atoms with Crippen molar-refractivity contribution in [3.8, 4) is 5.75 Å². The zero-order valence-corrected chi connectivity index (χ0v) is 17.7. The number of rotatable bonds is 5. The van der Waals surface area contributed by atoms with E-state index in [1.54, 1.807) is 0 Å². The lowest BCUT2D eigenvalue weighted by atomic mass is 9.98. The standard InChI is InChI=1S/C22H23Cl2NOS/c1-15-8-10-25(11-9-15)13-20-19-12-17(24)4-7-21(19)27-22(20)14-26-18-5-2-16(23)3-6-18/h2-7,12,15H,8-11,13-14H2,1H3. The van der Waals surface area contributed by atoms with Gasteiger partial charge in [-0.25, -0.2) is 0 Å². The number of benzene rings is 2. The molecule has 2 aromatic carbocycles. The molecule has 27 heavy (non-hydrogen) atoms. The molecule has 0 spiro atoms. The van der Waals surface area contributed by atoms with Gasteiger partial charge in [0.15, 0.2) is 0 Å². The van der Waals surface area contributed by atoms with Crippen molar-refractivity contribution in [3.63, 3.8) is 0 Å². The van der Waals surface area contributed by atoms with Gasteiger partial charge in [0.05, 0.1) is 0 Å². The van der Waals surface area contributed by atoms with Crippen molar-refractivity contribution in [1.29, 1.82) is 0 Å². The number of ether oxygens (including phenoxy) is 1. The van der Waals surface area contributed by atoms with Crippen LogP contribution in [-0.4, -0.2) is 18.0 Å². The van der Waals surface area contributed by atoms with Crippen LogP contribution in [0.4, 0.5) is 0 Å². The van der Waals surface area contributed by atoms with Crippen molar-refractivity contribution >= 4 is 44.6 Å². The summed E-state index contributed by atoms with van der Waals surface area (Å²) in [5.74, 6) is 1.68. The highest BCUT2D eigenvalue weighted by atomic mass is 35.5. The van der Waals surface area contributed by atoms with E-state index in [0.29, 0.717) is 6.61 Å². The second-order valence-electron chi connectivity index (χ2n) is 7.35. The number of thiophene rings is 1. The van der Waals surface area contributed by atoms with Crippen LogP contribution in [0, 0.1) is 5.92 Å². The third kappa shape index (κ3) is 4.60. The fourth-order valence-electron chi connectivity index (χ4n) is 3.58. The Hall–Kier alpha value is -1.26. The molecule has 2 heterocycles. The molecule has 4 rings (SSSR count). The minimum Gasteiger partial charge on any atom is -0.488 e. The Morgan fingerprint density at radius 3 is 2.48 bits per heavy atom. The van der Waals surface area contributed by atoms with Crippen molar-refractivity contribution in [2.75, 3.05) is 13.1 Å². The first-order valence-corrected chi connectivity index (χ1v) is 11.0. The average molecular weight is 420 g/mol. The van der Waals surface area contributed by atoms with Crippen LogP contribution in [-0.2, 0) is 13.2 Å². The highest BCUT2D eigenvalue weighted by molar-refractivity contribution is 7.19. The van der Waals surface area contributed by atoms with Gasteiger partial charge in [0.25, 0.3) is 0 Å². The van der Waals surface area contributed by atoms with Gasteiger partial charge >= 0.3 is 0 Å². The predicted molar refractivity (Wildman–Crippen MR) is 116 cm³/mol. The Bertz CT molecular complexity index is 914. The van der Waals surface area contributed by atoms with Gasteiger partial charge in [0.1, 0.15) is 12.4 Å². The Morgan fingerprint density at radius 1 is 1.04 bits per heavy atom. The predicted octanol–water partition coefficient (Wildman–Crippen LogP) is 7.02. The molecule has 2 nitrogen and oxygen atoms in total. The van der Waals surface area contributed by atoms with Crippen LogP contribution in [0.1, 0.15) is 30.2 Å². The summed E-state index contributed by atoms with van der Waals surface area (Å²) in [6, 6.07) is 13.7. The first kappa shape index (κ1) is 19.1. The summed E-state index contributed by atoms with van der Waals surface area (Å²) in [6.45, 7) is 6.21. The van der Waals surface area contributed by atoms with Gasteiger partial charge in [-0.1, -0.05) is 30.1 Å². The SMILES string of the molecule is CC1CCN(Cc2c(COc3ccc(Cl)cc3)sc3ccc(Cl)cc23)CC1. The molecule has 0 saturated carbocycles. The van der Waals surface area contributed by atoms with Gasteiger partial charge < -0.3 is 4.74 Å². The van der Waals surface area contributed by atoms with Crippen molar-refractivity contribution in [2.24, 2.45) is 5.92 Å². The van der Waals surface area contributed by atoms with Gasteiger partial charge in [-0.05, 0) is 85.3 Å². The number of hydrogen-bond donors (Lipinski definition) is 0. The molecular formula is C22H23Cl2NOS. The van der Waals surface area contributed by atoms with Crippen molar-refractivity contribution in [2.45, 2.75) is 32.9 Å². The maximum atomic E-state index is 6.30. The summed E-state index contributed by atoms with van der Waals surface area (Å²) in [5.41, 5.74) is 1.36. The van der Waals surface area contributed by atoms with Crippen LogP contribution in [0.25, 0.3) is 10.1 Å². The van der Waals surface area contributed by atoms with Crippen LogP contribution < -0.4 is 4.74 Å². The number of fused-ring (bicyclic) bond motifs is 1. The molecule has 1 fully saturated rings. The van der Waals surface area contributed by atoms with Gasteiger partial charge in [-0.2, -0.15) is 0 Å².